The van der Waals surface area contributed by atoms with E-state index in [9.17, 15) is 4.79 Å². The summed E-state index contributed by atoms with van der Waals surface area (Å²) in [5.41, 5.74) is 4.58. The number of hydrogen-bond donors (Lipinski definition) is 0. The predicted octanol–water partition coefficient (Wildman–Crippen LogP) is 2.05. The van der Waals surface area contributed by atoms with E-state index in [4.69, 9.17) is 0 Å². The summed E-state index contributed by atoms with van der Waals surface area (Å²) in [4.78, 5) is 12.8. The maximum absolute atomic E-state index is 12.8. The summed E-state index contributed by atoms with van der Waals surface area (Å²) in [6.07, 6.45) is 1.80. The van der Waals surface area contributed by atoms with Gasteiger partial charge in [-0.05, 0) is 37.1 Å². The molecule has 1 aromatic carbocycles. The lowest BCUT2D eigenvalue weighted by Crippen LogP contribution is -2.23. The monoisotopic (exact) mass is 307 g/mol. The molecule has 0 aliphatic rings. The molecule has 0 unspecified atom stereocenters. The summed E-state index contributed by atoms with van der Waals surface area (Å²) < 4.78 is 4.97. The molecule has 23 heavy (non-hydrogen) atoms. The van der Waals surface area contributed by atoms with Gasteiger partial charge in [0.1, 0.15) is 0 Å². The van der Waals surface area contributed by atoms with E-state index in [0.29, 0.717) is 12.2 Å². The summed E-state index contributed by atoms with van der Waals surface area (Å²) in [5.74, 6) is 0. The zero-order valence-corrected chi connectivity index (χ0v) is 13.3. The lowest BCUT2D eigenvalue weighted by Gasteiger charge is -2.03. The minimum Gasteiger partial charge on any atom is -0.270 e. The first kappa shape index (κ1) is 13.8. The number of pyridine rings is 1. The molecular formula is C17H17N5O. The summed E-state index contributed by atoms with van der Waals surface area (Å²) in [6, 6.07) is 9.86. The molecule has 3 heterocycles. The second kappa shape index (κ2) is 4.81. The van der Waals surface area contributed by atoms with Gasteiger partial charge >= 0.3 is 5.69 Å². The second-order valence-corrected chi connectivity index (χ2v) is 5.88. The number of benzene rings is 1. The molecule has 0 atom stereocenters. The minimum atomic E-state index is -0.128. The van der Waals surface area contributed by atoms with Gasteiger partial charge in [-0.25, -0.2) is 13.9 Å². The van der Waals surface area contributed by atoms with Crippen LogP contribution >= 0.6 is 0 Å². The molecule has 0 saturated carbocycles. The van der Waals surface area contributed by atoms with Crippen molar-refractivity contribution < 1.29 is 0 Å². The van der Waals surface area contributed by atoms with Gasteiger partial charge in [0.15, 0.2) is 5.65 Å². The number of para-hydroxylation sites is 1. The van der Waals surface area contributed by atoms with Gasteiger partial charge in [0.25, 0.3) is 0 Å². The topological polar surface area (TPSA) is 57.1 Å². The Hall–Kier alpha value is -2.89. The fourth-order valence-corrected chi connectivity index (χ4v) is 3.06. The molecule has 116 valence electrons. The Kier molecular flexibility index (Phi) is 2.87. The summed E-state index contributed by atoms with van der Waals surface area (Å²) >= 11 is 0. The largest absolute Gasteiger partial charge is 0.351 e. The molecule has 0 fully saturated rings. The molecule has 6 nitrogen and oxygen atoms in total. The van der Waals surface area contributed by atoms with Crippen LogP contribution in [0.5, 0.6) is 0 Å². The molecule has 0 aliphatic heterocycles. The fraction of sp³-hybridized carbons (Fsp3) is 0.235. The van der Waals surface area contributed by atoms with E-state index in [0.717, 1.165) is 27.7 Å². The van der Waals surface area contributed by atoms with Crippen LogP contribution in [0.4, 0.5) is 0 Å². The Balaban J connectivity index is 1.98. The van der Waals surface area contributed by atoms with Gasteiger partial charge in [-0.3, -0.25) is 4.68 Å². The standard InChI is InChI=1S/C17H17N5O/c1-11-8-16-19-21(10-15-12(2)9-18-20(15)3)17(23)22(16)14-7-5-4-6-13(11)14/h4-9H,10H2,1-3H3. The third-order valence-corrected chi connectivity index (χ3v) is 4.35. The first-order valence-corrected chi connectivity index (χ1v) is 7.51. The number of aryl methyl sites for hydroxylation is 3. The molecule has 6 heteroatoms. The first-order chi connectivity index (χ1) is 11.1. The number of aromatic nitrogens is 5. The summed E-state index contributed by atoms with van der Waals surface area (Å²) in [7, 11) is 1.88. The molecule has 0 aliphatic carbocycles. The molecule has 0 N–H and O–H groups in total. The average Bonchev–Trinajstić information content (AvgIpc) is 3.02. The molecule has 4 aromatic rings. The fourth-order valence-electron chi connectivity index (χ4n) is 3.06. The Labute approximate surface area is 132 Å². The Morgan fingerprint density at radius 1 is 1.13 bits per heavy atom. The van der Waals surface area contributed by atoms with Crippen molar-refractivity contribution in [2.24, 2.45) is 7.05 Å². The highest BCUT2D eigenvalue weighted by atomic mass is 16.2. The third kappa shape index (κ3) is 1.98. The van der Waals surface area contributed by atoms with Crippen molar-refractivity contribution in [3.63, 3.8) is 0 Å². The van der Waals surface area contributed by atoms with Crippen LogP contribution in [0.3, 0.4) is 0 Å². The highest BCUT2D eigenvalue weighted by molar-refractivity contribution is 5.85. The molecule has 3 aromatic heterocycles. The van der Waals surface area contributed by atoms with Crippen LogP contribution in [-0.2, 0) is 13.6 Å². The average molecular weight is 307 g/mol. The predicted molar refractivity (Wildman–Crippen MR) is 88.7 cm³/mol. The van der Waals surface area contributed by atoms with Gasteiger partial charge in [0.2, 0.25) is 0 Å². The van der Waals surface area contributed by atoms with Crippen LogP contribution in [-0.4, -0.2) is 24.0 Å². The van der Waals surface area contributed by atoms with E-state index in [2.05, 4.69) is 10.2 Å². The van der Waals surface area contributed by atoms with Crippen LogP contribution in [0.1, 0.15) is 16.8 Å². The zero-order chi connectivity index (χ0) is 16.1. The van der Waals surface area contributed by atoms with Crippen molar-refractivity contribution in [3.8, 4) is 0 Å². The number of fused-ring (bicyclic) bond motifs is 3. The number of hydrogen-bond acceptors (Lipinski definition) is 3. The minimum absolute atomic E-state index is 0.128. The lowest BCUT2D eigenvalue weighted by atomic mass is 10.1. The molecule has 0 saturated heterocycles. The van der Waals surface area contributed by atoms with Crippen LogP contribution in [0.25, 0.3) is 16.6 Å². The van der Waals surface area contributed by atoms with Crippen molar-refractivity contribution in [2.45, 2.75) is 20.4 Å². The molecule has 0 bridgehead atoms. The van der Waals surface area contributed by atoms with Crippen molar-refractivity contribution in [2.75, 3.05) is 0 Å². The second-order valence-electron chi connectivity index (χ2n) is 5.88. The third-order valence-electron chi connectivity index (χ3n) is 4.35. The van der Waals surface area contributed by atoms with Gasteiger partial charge < -0.3 is 0 Å². The van der Waals surface area contributed by atoms with Gasteiger partial charge in [-0.15, -0.1) is 5.10 Å². The lowest BCUT2D eigenvalue weighted by molar-refractivity contribution is 0.602. The van der Waals surface area contributed by atoms with Crippen molar-refractivity contribution in [1.29, 1.82) is 0 Å². The van der Waals surface area contributed by atoms with Crippen molar-refractivity contribution in [3.05, 3.63) is 63.8 Å². The van der Waals surface area contributed by atoms with E-state index in [1.807, 2.05) is 51.2 Å². The Morgan fingerprint density at radius 2 is 1.91 bits per heavy atom. The maximum Gasteiger partial charge on any atom is 0.351 e. The molecule has 0 amide bonds. The molecule has 4 rings (SSSR count). The smallest absolute Gasteiger partial charge is 0.270 e. The van der Waals surface area contributed by atoms with Crippen LogP contribution < -0.4 is 5.69 Å². The SMILES string of the molecule is Cc1cnn(C)c1Cn1nc2cc(C)c3ccccc3n2c1=O. The van der Waals surface area contributed by atoms with Crippen LogP contribution in [0.15, 0.2) is 41.3 Å². The highest BCUT2D eigenvalue weighted by Crippen LogP contribution is 2.19. The highest BCUT2D eigenvalue weighted by Gasteiger charge is 2.14. The van der Waals surface area contributed by atoms with Crippen molar-refractivity contribution in [1.82, 2.24) is 24.0 Å². The van der Waals surface area contributed by atoms with E-state index in [1.54, 1.807) is 15.3 Å². The van der Waals surface area contributed by atoms with Gasteiger partial charge in [0.05, 0.1) is 24.0 Å². The van der Waals surface area contributed by atoms with E-state index in [-0.39, 0.29) is 5.69 Å². The Morgan fingerprint density at radius 3 is 2.65 bits per heavy atom. The van der Waals surface area contributed by atoms with E-state index >= 15 is 0 Å². The summed E-state index contributed by atoms with van der Waals surface area (Å²) in [6.45, 7) is 4.44. The zero-order valence-electron chi connectivity index (χ0n) is 13.3. The van der Waals surface area contributed by atoms with E-state index < -0.39 is 0 Å². The normalized spacial score (nSPS) is 11.6. The van der Waals surface area contributed by atoms with Crippen LogP contribution in [0, 0.1) is 13.8 Å². The molecule has 0 radical (unpaired) electrons. The van der Waals surface area contributed by atoms with Gasteiger partial charge in [-0.1, -0.05) is 18.2 Å². The van der Waals surface area contributed by atoms with Crippen LogP contribution in [0.2, 0.25) is 0 Å². The quantitative estimate of drug-likeness (QED) is 0.569. The maximum atomic E-state index is 12.8. The van der Waals surface area contributed by atoms with Gasteiger partial charge in [0, 0.05) is 12.4 Å². The van der Waals surface area contributed by atoms with E-state index in [1.165, 1.54) is 4.68 Å². The Bertz CT molecular complexity index is 1080. The summed E-state index contributed by atoms with van der Waals surface area (Å²) in [5, 5.41) is 9.80. The number of nitrogens with zero attached hydrogens (tertiary/aromatic N) is 5. The van der Waals surface area contributed by atoms with Crippen molar-refractivity contribution >= 4 is 16.6 Å². The van der Waals surface area contributed by atoms with Gasteiger partial charge in [-0.2, -0.15) is 5.10 Å². The number of rotatable bonds is 2. The molecule has 0 spiro atoms. The first-order valence-electron chi connectivity index (χ1n) is 7.51. The molecular weight excluding hydrogens is 290 g/mol.